The fourth-order valence-corrected chi connectivity index (χ4v) is 3.51. The second-order valence-corrected chi connectivity index (χ2v) is 5.97. The van der Waals surface area contributed by atoms with E-state index in [1.807, 2.05) is 4.90 Å². The Hall–Kier alpha value is -1.95. The van der Waals surface area contributed by atoms with Crippen molar-refractivity contribution in [3.63, 3.8) is 0 Å². The predicted octanol–water partition coefficient (Wildman–Crippen LogP) is 1.20. The molecule has 6 heteroatoms. The minimum atomic E-state index is -0.428. The van der Waals surface area contributed by atoms with Gasteiger partial charge in [0.25, 0.3) is 5.69 Å². The number of benzene rings is 1. The van der Waals surface area contributed by atoms with Crippen LogP contribution < -0.4 is 5.32 Å². The van der Waals surface area contributed by atoms with Gasteiger partial charge in [0.05, 0.1) is 11.3 Å². The van der Waals surface area contributed by atoms with E-state index in [2.05, 4.69) is 12.2 Å². The molecular formula is C15H19N3O3. The predicted molar refractivity (Wildman–Crippen MR) is 77.8 cm³/mol. The van der Waals surface area contributed by atoms with Crippen LogP contribution in [0, 0.1) is 22.0 Å². The molecule has 1 amide bonds. The number of nitro groups is 1. The number of amides is 1. The second-order valence-electron chi connectivity index (χ2n) is 5.97. The van der Waals surface area contributed by atoms with Crippen molar-refractivity contribution in [3.05, 3.63) is 39.9 Å². The van der Waals surface area contributed by atoms with E-state index in [1.54, 1.807) is 12.1 Å². The Balaban J connectivity index is 1.65. The van der Waals surface area contributed by atoms with Crippen molar-refractivity contribution in [1.29, 1.82) is 0 Å². The zero-order valence-electron chi connectivity index (χ0n) is 12.0. The molecule has 1 N–H and O–H groups in total. The van der Waals surface area contributed by atoms with Gasteiger partial charge >= 0.3 is 0 Å². The lowest BCUT2D eigenvalue weighted by Crippen LogP contribution is -2.38. The molecule has 2 heterocycles. The summed E-state index contributed by atoms with van der Waals surface area (Å²) < 4.78 is 0. The topological polar surface area (TPSA) is 75.5 Å². The molecule has 3 rings (SSSR count). The van der Waals surface area contributed by atoms with Crippen molar-refractivity contribution in [3.8, 4) is 0 Å². The SMILES string of the molecule is CC1C2CNCC2CN1C(=O)Cc1ccc([N+](=O)[O-])cc1. The Morgan fingerprint density at radius 2 is 2.10 bits per heavy atom. The van der Waals surface area contributed by atoms with Crippen LogP contribution in [-0.2, 0) is 11.2 Å². The van der Waals surface area contributed by atoms with E-state index in [1.165, 1.54) is 12.1 Å². The number of carbonyl (C=O) groups excluding carboxylic acids is 1. The first-order chi connectivity index (χ1) is 10.1. The maximum atomic E-state index is 12.4. The van der Waals surface area contributed by atoms with Gasteiger partial charge in [-0.15, -0.1) is 0 Å². The van der Waals surface area contributed by atoms with E-state index in [0.29, 0.717) is 18.3 Å². The summed E-state index contributed by atoms with van der Waals surface area (Å²) in [5, 5.41) is 14.0. The Morgan fingerprint density at radius 3 is 2.71 bits per heavy atom. The molecule has 2 aliphatic rings. The van der Waals surface area contributed by atoms with Gasteiger partial charge in [-0.1, -0.05) is 12.1 Å². The molecule has 2 saturated heterocycles. The number of nitro benzene ring substituents is 1. The molecule has 6 nitrogen and oxygen atoms in total. The van der Waals surface area contributed by atoms with E-state index in [0.717, 1.165) is 25.2 Å². The standard InChI is InChI=1S/C15H19N3O3/c1-10-14-8-16-7-12(14)9-17(10)15(19)6-11-2-4-13(5-3-11)18(20)21/h2-5,10,12,14,16H,6-9H2,1H3. The zero-order valence-corrected chi connectivity index (χ0v) is 12.0. The summed E-state index contributed by atoms with van der Waals surface area (Å²) in [4.78, 5) is 24.6. The monoisotopic (exact) mass is 289 g/mol. The summed E-state index contributed by atoms with van der Waals surface area (Å²) >= 11 is 0. The smallest absolute Gasteiger partial charge is 0.269 e. The molecule has 2 fully saturated rings. The van der Waals surface area contributed by atoms with Crippen molar-refractivity contribution in [2.45, 2.75) is 19.4 Å². The largest absolute Gasteiger partial charge is 0.339 e. The van der Waals surface area contributed by atoms with Gasteiger partial charge in [-0.3, -0.25) is 14.9 Å². The van der Waals surface area contributed by atoms with Gasteiger partial charge in [0.2, 0.25) is 5.91 Å². The lowest BCUT2D eigenvalue weighted by Gasteiger charge is -2.24. The van der Waals surface area contributed by atoms with Crippen molar-refractivity contribution >= 4 is 11.6 Å². The van der Waals surface area contributed by atoms with Crippen LogP contribution in [0.1, 0.15) is 12.5 Å². The average molecular weight is 289 g/mol. The second kappa shape index (κ2) is 5.44. The van der Waals surface area contributed by atoms with Crippen molar-refractivity contribution in [2.75, 3.05) is 19.6 Å². The zero-order chi connectivity index (χ0) is 15.0. The fourth-order valence-electron chi connectivity index (χ4n) is 3.51. The summed E-state index contributed by atoms with van der Waals surface area (Å²) in [7, 11) is 0. The Labute approximate surface area is 123 Å². The quantitative estimate of drug-likeness (QED) is 0.670. The Morgan fingerprint density at radius 1 is 1.38 bits per heavy atom. The average Bonchev–Trinajstić information content (AvgIpc) is 3.03. The lowest BCUT2D eigenvalue weighted by molar-refractivity contribution is -0.384. The van der Waals surface area contributed by atoms with Crippen LogP contribution >= 0.6 is 0 Å². The molecule has 0 bridgehead atoms. The van der Waals surface area contributed by atoms with E-state index < -0.39 is 4.92 Å². The number of carbonyl (C=O) groups is 1. The summed E-state index contributed by atoms with van der Waals surface area (Å²) in [5.74, 6) is 1.25. The Bertz CT molecular complexity index is 558. The highest BCUT2D eigenvalue weighted by Crippen LogP contribution is 2.32. The van der Waals surface area contributed by atoms with Crippen LogP contribution in [0.3, 0.4) is 0 Å². The number of nitrogens with zero attached hydrogens (tertiary/aromatic N) is 2. The first kappa shape index (κ1) is 14.0. The molecule has 0 aliphatic carbocycles. The number of non-ortho nitro benzene ring substituents is 1. The molecule has 112 valence electrons. The molecule has 3 atom stereocenters. The van der Waals surface area contributed by atoms with Gasteiger partial charge in [0, 0.05) is 37.8 Å². The van der Waals surface area contributed by atoms with Crippen LogP contribution in [-0.4, -0.2) is 41.4 Å². The summed E-state index contributed by atoms with van der Waals surface area (Å²) in [5.41, 5.74) is 0.884. The fraction of sp³-hybridized carbons (Fsp3) is 0.533. The normalized spacial score (nSPS) is 27.7. The molecule has 2 aliphatic heterocycles. The van der Waals surface area contributed by atoms with Gasteiger partial charge in [-0.25, -0.2) is 0 Å². The molecule has 1 aromatic carbocycles. The Kier molecular flexibility index (Phi) is 3.63. The van der Waals surface area contributed by atoms with Crippen LogP contribution in [0.2, 0.25) is 0 Å². The number of nitrogens with one attached hydrogen (secondary N) is 1. The first-order valence-corrected chi connectivity index (χ1v) is 7.30. The third-order valence-electron chi connectivity index (χ3n) is 4.76. The van der Waals surface area contributed by atoms with E-state index >= 15 is 0 Å². The van der Waals surface area contributed by atoms with Crippen molar-refractivity contribution in [1.82, 2.24) is 10.2 Å². The number of fused-ring (bicyclic) bond motifs is 1. The molecule has 0 radical (unpaired) electrons. The number of hydrogen-bond donors (Lipinski definition) is 1. The van der Waals surface area contributed by atoms with Gasteiger partial charge in [-0.05, 0) is 24.3 Å². The summed E-state index contributed by atoms with van der Waals surface area (Å²) in [6, 6.07) is 6.51. The molecular weight excluding hydrogens is 270 g/mol. The third kappa shape index (κ3) is 2.63. The van der Waals surface area contributed by atoms with E-state index in [-0.39, 0.29) is 17.6 Å². The summed E-state index contributed by atoms with van der Waals surface area (Å²) in [6.07, 6.45) is 0.315. The van der Waals surface area contributed by atoms with E-state index in [4.69, 9.17) is 0 Å². The summed E-state index contributed by atoms with van der Waals surface area (Å²) in [6.45, 7) is 4.93. The molecule has 21 heavy (non-hydrogen) atoms. The van der Waals surface area contributed by atoms with Crippen LogP contribution in [0.15, 0.2) is 24.3 Å². The van der Waals surface area contributed by atoms with Gasteiger partial charge < -0.3 is 10.2 Å². The first-order valence-electron chi connectivity index (χ1n) is 7.30. The number of likely N-dealkylation sites (tertiary alicyclic amines) is 1. The van der Waals surface area contributed by atoms with Crippen LogP contribution in [0.25, 0.3) is 0 Å². The lowest BCUT2D eigenvalue weighted by atomic mass is 9.95. The highest BCUT2D eigenvalue weighted by Gasteiger charge is 2.43. The highest BCUT2D eigenvalue weighted by molar-refractivity contribution is 5.79. The molecule has 0 saturated carbocycles. The van der Waals surface area contributed by atoms with Gasteiger partial charge in [0.15, 0.2) is 0 Å². The van der Waals surface area contributed by atoms with Crippen molar-refractivity contribution in [2.24, 2.45) is 11.8 Å². The minimum absolute atomic E-state index is 0.0568. The molecule has 0 spiro atoms. The van der Waals surface area contributed by atoms with Crippen LogP contribution in [0.5, 0.6) is 0 Å². The van der Waals surface area contributed by atoms with Gasteiger partial charge in [0.1, 0.15) is 0 Å². The highest BCUT2D eigenvalue weighted by atomic mass is 16.6. The van der Waals surface area contributed by atoms with E-state index in [9.17, 15) is 14.9 Å². The third-order valence-corrected chi connectivity index (χ3v) is 4.76. The van der Waals surface area contributed by atoms with Crippen molar-refractivity contribution < 1.29 is 9.72 Å². The minimum Gasteiger partial charge on any atom is -0.339 e. The number of hydrogen-bond acceptors (Lipinski definition) is 4. The maximum Gasteiger partial charge on any atom is 0.269 e. The molecule has 0 aromatic heterocycles. The van der Waals surface area contributed by atoms with Crippen LogP contribution in [0.4, 0.5) is 5.69 Å². The molecule has 1 aromatic rings. The maximum absolute atomic E-state index is 12.4. The van der Waals surface area contributed by atoms with Gasteiger partial charge in [-0.2, -0.15) is 0 Å². The number of rotatable bonds is 3. The molecule has 3 unspecified atom stereocenters.